The molecule has 0 spiro atoms. The predicted octanol–water partition coefficient (Wildman–Crippen LogP) is 3.18. The van der Waals surface area contributed by atoms with E-state index < -0.39 is 26.1 Å². The van der Waals surface area contributed by atoms with Crippen LogP contribution in [-0.2, 0) is 0 Å². The summed E-state index contributed by atoms with van der Waals surface area (Å²) in [4.78, 5) is 31.3. The Bertz CT molecular complexity index is 814. The Morgan fingerprint density at radius 1 is 0.810 bits per heavy atom. The van der Waals surface area contributed by atoms with Gasteiger partial charge >= 0.3 is 0 Å². The van der Waals surface area contributed by atoms with Gasteiger partial charge in [-0.3, -0.25) is 30.3 Å². The fourth-order valence-electron chi connectivity index (χ4n) is 2.33. The highest BCUT2D eigenvalue weighted by Crippen LogP contribution is 2.42. The van der Waals surface area contributed by atoms with Gasteiger partial charge in [0, 0.05) is 17.2 Å². The number of nitro groups is 3. The van der Waals surface area contributed by atoms with Crippen molar-refractivity contribution in [2.75, 3.05) is 0 Å². The number of nitro benzene ring substituents is 3. The lowest BCUT2D eigenvalue weighted by atomic mass is 9.99. The minimum absolute atomic E-state index is 0.0809. The first kappa shape index (κ1) is 14.3. The second kappa shape index (κ2) is 4.78. The Kier molecular flexibility index (Phi) is 3.26. The van der Waals surface area contributed by atoms with E-state index in [-0.39, 0.29) is 27.6 Å². The molecule has 0 saturated heterocycles. The van der Waals surface area contributed by atoms with Crippen LogP contribution >= 0.6 is 0 Å². The smallest absolute Gasteiger partial charge is 0.258 e. The lowest BCUT2D eigenvalue weighted by Gasteiger charge is -2.06. The van der Waals surface area contributed by atoms with Gasteiger partial charge in [0.05, 0.1) is 20.2 Å². The number of fused-ring (bicyclic) bond motifs is 1. The van der Waals surface area contributed by atoms with Gasteiger partial charge in [0.1, 0.15) is 5.39 Å². The van der Waals surface area contributed by atoms with Crippen LogP contribution in [-0.4, -0.2) is 14.8 Å². The molecule has 0 aromatic heterocycles. The summed E-state index contributed by atoms with van der Waals surface area (Å²) in [6, 6.07) is 3.64. The molecule has 2 rings (SSSR count). The van der Waals surface area contributed by atoms with Gasteiger partial charge in [-0.2, -0.15) is 0 Å². The molecule has 0 amide bonds. The van der Waals surface area contributed by atoms with Crippen molar-refractivity contribution < 1.29 is 14.8 Å². The van der Waals surface area contributed by atoms with Crippen molar-refractivity contribution in [1.29, 1.82) is 0 Å². The maximum Gasteiger partial charge on any atom is 0.287 e. The molecule has 0 heterocycles. The number of non-ortho nitro benzene ring substituents is 1. The molecule has 2 aromatic carbocycles. The van der Waals surface area contributed by atoms with E-state index in [0.29, 0.717) is 0 Å². The number of aryl methyl sites for hydroxylation is 2. The summed E-state index contributed by atoms with van der Waals surface area (Å²) in [7, 11) is 0. The summed E-state index contributed by atoms with van der Waals surface area (Å²) >= 11 is 0. The third-order valence-electron chi connectivity index (χ3n) is 3.18. The van der Waals surface area contributed by atoms with Gasteiger partial charge < -0.3 is 0 Å². The fourth-order valence-corrected chi connectivity index (χ4v) is 2.33. The van der Waals surface area contributed by atoms with Crippen molar-refractivity contribution >= 4 is 27.8 Å². The standard InChI is InChI=1S/C12H9N3O6/c1-6-3-4-8-10(12(6)15(20)21)9(13(16)17)5-7(2)11(8)14(18)19/h3-5H,1-2H3. The Balaban J connectivity index is 3.16. The largest absolute Gasteiger partial charge is 0.287 e. The molecule has 0 aliphatic rings. The summed E-state index contributed by atoms with van der Waals surface area (Å²) < 4.78 is 0. The van der Waals surface area contributed by atoms with E-state index in [9.17, 15) is 30.3 Å². The maximum absolute atomic E-state index is 11.2. The second-order valence-corrected chi connectivity index (χ2v) is 4.49. The number of hydrogen-bond donors (Lipinski definition) is 0. The van der Waals surface area contributed by atoms with Gasteiger partial charge in [0.25, 0.3) is 17.1 Å². The minimum Gasteiger partial charge on any atom is -0.258 e. The lowest BCUT2D eigenvalue weighted by molar-refractivity contribution is -0.392. The van der Waals surface area contributed by atoms with Crippen LogP contribution in [0.5, 0.6) is 0 Å². The third kappa shape index (κ3) is 2.14. The summed E-state index contributed by atoms with van der Waals surface area (Å²) in [5, 5.41) is 33.1. The molecule has 9 heteroatoms. The molecule has 0 saturated carbocycles. The van der Waals surface area contributed by atoms with Gasteiger partial charge in [-0.05, 0) is 19.9 Å². The molecule has 0 aliphatic carbocycles. The van der Waals surface area contributed by atoms with Gasteiger partial charge in [-0.25, -0.2) is 0 Å². The molecule has 9 nitrogen and oxygen atoms in total. The Morgan fingerprint density at radius 2 is 1.38 bits per heavy atom. The summed E-state index contributed by atoms with van der Waals surface area (Å²) in [5.41, 5.74) is -1.07. The number of hydrogen-bond acceptors (Lipinski definition) is 6. The fraction of sp³-hybridized carbons (Fsp3) is 0.167. The molecule has 0 radical (unpaired) electrons. The van der Waals surface area contributed by atoms with Crippen molar-refractivity contribution in [1.82, 2.24) is 0 Å². The van der Waals surface area contributed by atoms with Crippen molar-refractivity contribution in [3.8, 4) is 0 Å². The van der Waals surface area contributed by atoms with Crippen LogP contribution in [0.15, 0.2) is 18.2 Å². The van der Waals surface area contributed by atoms with Gasteiger partial charge in [0.15, 0.2) is 0 Å². The monoisotopic (exact) mass is 291 g/mol. The molecule has 108 valence electrons. The number of benzene rings is 2. The third-order valence-corrected chi connectivity index (χ3v) is 3.18. The van der Waals surface area contributed by atoms with Gasteiger partial charge in [-0.15, -0.1) is 0 Å². The highest BCUT2D eigenvalue weighted by Gasteiger charge is 2.31. The van der Waals surface area contributed by atoms with Crippen LogP contribution < -0.4 is 0 Å². The topological polar surface area (TPSA) is 129 Å². The highest BCUT2D eigenvalue weighted by molar-refractivity contribution is 6.05. The quantitative estimate of drug-likeness (QED) is 0.630. The normalized spacial score (nSPS) is 10.6. The van der Waals surface area contributed by atoms with E-state index in [1.54, 1.807) is 0 Å². The SMILES string of the molecule is Cc1cc([N+](=O)[O-])c2c([N+](=O)[O-])c(C)ccc2c1[N+](=O)[O-]. The van der Waals surface area contributed by atoms with E-state index in [2.05, 4.69) is 0 Å². The zero-order valence-electron chi connectivity index (χ0n) is 11.0. The zero-order valence-corrected chi connectivity index (χ0v) is 11.0. The van der Waals surface area contributed by atoms with E-state index in [1.807, 2.05) is 0 Å². The van der Waals surface area contributed by atoms with Crippen LogP contribution in [0.25, 0.3) is 10.8 Å². The number of nitrogens with zero attached hydrogens (tertiary/aromatic N) is 3. The molecule has 0 atom stereocenters. The summed E-state index contributed by atoms with van der Waals surface area (Å²) in [6.45, 7) is 2.78. The van der Waals surface area contributed by atoms with Crippen LogP contribution in [0, 0.1) is 44.2 Å². The molecular formula is C12H9N3O6. The first-order valence-electron chi connectivity index (χ1n) is 5.75. The van der Waals surface area contributed by atoms with Crippen LogP contribution in [0.2, 0.25) is 0 Å². The van der Waals surface area contributed by atoms with Crippen molar-refractivity contribution in [2.24, 2.45) is 0 Å². The summed E-state index contributed by atoms with van der Waals surface area (Å²) in [6.07, 6.45) is 0. The molecule has 0 bridgehead atoms. The lowest BCUT2D eigenvalue weighted by Crippen LogP contribution is -2.01. The first-order chi connectivity index (χ1) is 9.75. The van der Waals surface area contributed by atoms with E-state index in [4.69, 9.17) is 0 Å². The zero-order chi connectivity index (χ0) is 15.9. The van der Waals surface area contributed by atoms with Crippen molar-refractivity contribution in [3.63, 3.8) is 0 Å². The van der Waals surface area contributed by atoms with Gasteiger partial charge in [0.2, 0.25) is 0 Å². The Labute approximate surface area is 117 Å². The highest BCUT2D eigenvalue weighted by atomic mass is 16.6. The maximum atomic E-state index is 11.2. The van der Waals surface area contributed by atoms with E-state index in [0.717, 1.165) is 6.07 Å². The molecule has 0 aliphatic heterocycles. The minimum atomic E-state index is -0.772. The van der Waals surface area contributed by atoms with E-state index in [1.165, 1.54) is 26.0 Å². The van der Waals surface area contributed by atoms with Crippen molar-refractivity contribution in [2.45, 2.75) is 13.8 Å². The molecular weight excluding hydrogens is 282 g/mol. The van der Waals surface area contributed by atoms with Gasteiger partial charge in [-0.1, -0.05) is 6.07 Å². The number of rotatable bonds is 3. The average Bonchev–Trinajstić information content (AvgIpc) is 2.36. The van der Waals surface area contributed by atoms with Crippen LogP contribution in [0.3, 0.4) is 0 Å². The first-order valence-corrected chi connectivity index (χ1v) is 5.75. The van der Waals surface area contributed by atoms with Crippen LogP contribution in [0.4, 0.5) is 17.1 Å². The Morgan fingerprint density at radius 3 is 1.86 bits per heavy atom. The summed E-state index contributed by atoms with van der Waals surface area (Å²) in [5.74, 6) is 0. The molecule has 0 fully saturated rings. The van der Waals surface area contributed by atoms with Crippen molar-refractivity contribution in [3.05, 3.63) is 59.7 Å². The molecule has 21 heavy (non-hydrogen) atoms. The van der Waals surface area contributed by atoms with Crippen LogP contribution in [0.1, 0.15) is 11.1 Å². The molecule has 2 aromatic rings. The average molecular weight is 291 g/mol. The molecule has 0 N–H and O–H groups in total. The van der Waals surface area contributed by atoms with E-state index >= 15 is 0 Å². The second-order valence-electron chi connectivity index (χ2n) is 4.49. The predicted molar refractivity (Wildman–Crippen MR) is 73.4 cm³/mol. The Hall–Kier alpha value is -3.10. The molecule has 0 unspecified atom stereocenters.